The van der Waals surface area contributed by atoms with Crippen molar-refractivity contribution in [1.29, 1.82) is 0 Å². The van der Waals surface area contributed by atoms with Crippen molar-refractivity contribution >= 4 is 10.1 Å². The van der Waals surface area contributed by atoms with E-state index in [1.807, 2.05) is 6.92 Å². The van der Waals surface area contributed by atoms with Gasteiger partial charge in [0.25, 0.3) is 10.1 Å². The molecule has 1 rings (SSSR count). The molecule has 15 heteroatoms. The summed E-state index contributed by atoms with van der Waals surface area (Å²) >= 11 is 0. The summed E-state index contributed by atoms with van der Waals surface area (Å²) in [6, 6.07) is 7.98. The van der Waals surface area contributed by atoms with E-state index < -0.39 is 10.1 Å². The summed E-state index contributed by atoms with van der Waals surface area (Å²) < 4.78 is 88.2. The van der Waals surface area contributed by atoms with Crippen molar-refractivity contribution in [3.8, 4) is 0 Å². The van der Waals surface area contributed by atoms with Gasteiger partial charge in [-0.05, 0) is 19.1 Å². The fourth-order valence-corrected chi connectivity index (χ4v) is 4.12. The van der Waals surface area contributed by atoms with Gasteiger partial charge in [-0.1, -0.05) is 18.2 Å². The fourth-order valence-electron chi connectivity index (χ4n) is 3.20. The maximum atomic E-state index is 12.0. The van der Waals surface area contributed by atoms with Crippen LogP contribution in [0.1, 0.15) is 6.92 Å². The van der Waals surface area contributed by atoms with E-state index in [1.165, 1.54) is 12.1 Å². The van der Waals surface area contributed by atoms with Crippen molar-refractivity contribution in [3.63, 3.8) is 0 Å². The summed E-state index contributed by atoms with van der Waals surface area (Å²) in [6.07, 6.45) is 0. The Bertz CT molecular complexity index is 831. The van der Waals surface area contributed by atoms with Crippen molar-refractivity contribution < 1.29 is 64.7 Å². The Balaban J connectivity index is 1.66. The Morgan fingerprint density at radius 2 is 0.622 bits per heavy atom. The molecule has 0 atom stereocenters. The van der Waals surface area contributed by atoms with E-state index in [-0.39, 0.29) is 18.1 Å². The molecular formula is C30H54O14S. The van der Waals surface area contributed by atoms with E-state index in [0.717, 1.165) is 0 Å². The Hall–Kier alpha value is -1.31. The Kier molecular flexibility index (Phi) is 30.2. The van der Waals surface area contributed by atoms with E-state index in [2.05, 4.69) is 0 Å². The number of rotatable bonds is 36. The Labute approximate surface area is 268 Å². The van der Waals surface area contributed by atoms with Gasteiger partial charge in [0.2, 0.25) is 0 Å². The van der Waals surface area contributed by atoms with Gasteiger partial charge < -0.3 is 52.1 Å². The highest BCUT2D eigenvalue weighted by Gasteiger charge is 2.13. The molecule has 0 aliphatic rings. The molecular weight excluding hydrogens is 616 g/mol. The smallest absolute Gasteiger partial charge is 0.297 e. The van der Waals surface area contributed by atoms with Crippen molar-refractivity contribution in [1.82, 2.24) is 0 Å². The van der Waals surface area contributed by atoms with E-state index in [0.29, 0.717) is 139 Å². The van der Waals surface area contributed by atoms with Gasteiger partial charge in [-0.2, -0.15) is 8.42 Å². The zero-order valence-corrected chi connectivity index (χ0v) is 27.6. The van der Waals surface area contributed by atoms with Gasteiger partial charge in [-0.3, -0.25) is 4.18 Å². The van der Waals surface area contributed by atoms with Gasteiger partial charge in [-0.25, -0.2) is 0 Å². The molecule has 14 nitrogen and oxygen atoms in total. The van der Waals surface area contributed by atoms with Gasteiger partial charge in [0.15, 0.2) is 0 Å². The molecule has 264 valence electrons. The lowest BCUT2D eigenvalue weighted by atomic mass is 10.4. The normalized spacial score (nSPS) is 11.8. The standard InChI is InChI=1S/C30H54O14S/c1-2-33-8-9-34-10-11-35-12-13-36-14-15-37-16-17-38-18-19-39-20-21-40-22-23-41-24-25-42-26-27-43-28-29-44-45(31,32)30-6-4-3-5-7-30/h3-7H,2,8-29H2,1H3. The molecule has 0 bridgehead atoms. The molecule has 1 aromatic rings. The van der Waals surface area contributed by atoms with E-state index in [1.54, 1.807) is 18.2 Å². The Morgan fingerprint density at radius 3 is 0.889 bits per heavy atom. The fraction of sp³-hybridized carbons (Fsp3) is 0.800. The number of benzene rings is 1. The highest BCUT2D eigenvalue weighted by molar-refractivity contribution is 7.86. The van der Waals surface area contributed by atoms with Crippen LogP contribution in [0, 0.1) is 0 Å². The minimum absolute atomic E-state index is 0.0577. The first kappa shape index (κ1) is 41.7. The maximum absolute atomic E-state index is 12.0. The number of ether oxygens (including phenoxy) is 11. The third-order valence-electron chi connectivity index (χ3n) is 5.42. The predicted octanol–water partition coefficient (Wildman–Crippen LogP) is 1.59. The first-order valence-electron chi connectivity index (χ1n) is 15.5. The van der Waals surface area contributed by atoms with Crippen LogP contribution in [0.25, 0.3) is 0 Å². The second kappa shape index (κ2) is 32.6. The zero-order valence-electron chi connectivity index (χ0n) is 26.8. The van der Waals surface area contributed by atoms with Crippen LogP contribution < -0.4 is 0 Å². The van der Waals surface area contributed by atoms with Crippen LogP contribution in [0.15, 0.2) is 35.2 Å². The molecule has 0 aliphatic heterocycles. The zero-order chi connectivity index (χ0) is 32.4. The number of hydrogen-bond donors (Lipinski definition) is 0. The molecule has 0 fully saturated rings. The maximum Gasteiger partial charge on any atom is 0.297 e. The molecule has 0 spiro atoms. The summed E-state index contributed by atoms with van der Waals surface area (Å²) in [5.74, 6) is 0. The van der Waals surface area contributed by atoms with Crippen LogP contribution in [-0.2, 0) is 66.4 Å². The Morgan fingerprint density at radius 1 is 0.378 bits per heavy atom. The second-order valence-electron chi connectivity index (χ2n) is 8.91. The number of hydrogen-bond acceptors (Lipinski definition) is 14. The third-order valence-corrected chi connectivity index (χ3v) is 6.75. The van der Waals surface area contributed by atoms with Crippen LogP contribution in [-0.4, -0.2) is 160 Å². The SMILES string of the molecule is CCOCCOCCOCCOCCOCCOCCOCCOCCOCCOCCOCCOS(=O)(=O)c1ccccc1. The van der Waals surface area contributed by atoms with Gasteiger partial charge in [0, 0.05) is 6.61 Å². The average molecular weight is 671 g/mol. The highest BCUT2D eigenvalue weighted by Crippen LogP contribution is 2.10. The second-order valence-corrected chi connectivity index (χ2v) is 10.5. The van der Waals surface area contributed by atoms with Crippen molar-refractivity contribution in [2.24, 2.45) is 0 Å². The molecule has 0 N–H and O–H groups in total. The van der Waals surface area contributed by atoms with Crippen LogP contribution in [0.2, 0.25) is 0 Å². The molecule has 0 radical (unpaired) electrons. The van der Waals surface area contributed by atoms with Gasteiger partial charge in [0.05, 0.1) is 150 Å². The van der Waals surface area contributed by atoms with Gasteiger partial charge in [0.1, 0.15) is 0 Å². The van der Waals surface area contributed by atoms with Crippen LogP contribution in [0.5, 0.6) is 0 Å². The van der Waals surface area contributed by atoms with Gasteiger partial charge in [-0.15, -0.1) is 0 Å². The van der Waals surface area contributed by atoms with Crippen LogP contribution >= 0.6 is 0 Å². The summed E-state index contributed by atoms with van der Waals surface area (Å²) in [7, 11) is -3.76. The first-order valence-corrected chi connectivity index (χ1v) is 16.9. The summed E-state index contributed by atoms with van der Waals surface area (Å²) in [5.41, 5.74) is 0. The van der Waals surface area contributed by atoms with Crippen molar-refractivity contribution in [3.05, 3.63) is 30.3 Å². The molecule has 0 aromatic heterocycles. The topological polar surface area (TPSA) is 145 Å². The molecule has 0 saturated heterocycles. The molecule has 0 saturated carbocycles. The average Bonchev–Trinajstić information content (AvgIpc) is 3.05. The summed E-state index contributed by atoms with van der Waals surface area (Å²) in [5, 5.41) is 0. The lowest BCUT2D eigenvalue weighted by Crippen LogP contribution is -2.16. The van der Waals surface area contributed by atoms with Crippen LogP contribution in [0.3, 0.4) is 0 Å². The molecule has 0 heterocycles. The minimum Gasteiger partial charge on any atom is -0.379 e. The predicted molar refractivity (Wildman–Crippen MR) is 164 cm³/mol. The quantitative estimate of drug-likeness (QED) is 0.0753. The van der Waals surface area contributed by atoms with Crippen molar-refractivity contribution in [2.45, 2.75) is 11.8 Å². The first-order chi connectivity index (χ1) is 22.2. The largest absolute Gasteiger partial charge is 0.379 e. The third kappa shape index (κ3) is 28.6. The molecule has 45 heavy (non-hydrogen) atoms. The van der Waals surface area contributed by atoms with E-state index in [4.69, 9.17) is 56.3 Å². The highest BCUT2D eigenvalue weighted by atomic mass is 32.2. The minimum atomic E-state index is -3.76. The van der Waals surface area contributed by atoms with E-state index in [9.17, 15) is 8.42 Å². The summed E-state index contributed by atoms with van der Waals surface area (Å²) in [4.78, 5) is 0.121. The van der Waals surface area contributed by atoms with E-state index >= 15 is 0 Å². The molecule has 1 aromatic carbocycles. The lowest BCUT2D eigenvalue weighted by Gasteiger charge is -2.09. The molecule has 0 amide bonds. The summed E-state index contributed by atoms with van der Waals surface area (Å²) in [6.45, 7) is 12.5. The lowest BCUT2D eigenvalue weighted by molar-refractivity contribution is -0.0276. The molecule has 0 aliphatic carbocycles. The van der Waals surface area contributed by atoms with Gasteiger partial charge >= 0.3 is 0 Å². The monoisotopic (exact) mass is 670 g/mol. The molecule has 0 unspecified atom stereocenters. The van der Waals surface area contributed by atoms with Crippen LogP contribution in [0.4, 0.5) is 0 Å². The van der Waals surface area contributed by atoms with Crippen molar-refractivity contribution in [2.75, 3.05) is 152 Å².